The van der Waals surface area contributed by atoms with Gasteiger partial charge in [0.15, 0.2) is 5.43 Å². The number of pyridine rings is 1. The van der Waals surface area contributed by atoms with Crippen LogP contribution in [0.5, 0.6) is 0 Å². The Morgan fingerprint density at radius 1 is 1.28 bits per heavy atom. The molecule has 0 aliphatic heterocycles. The molecule has 0 aliphatic carbocycles. The average molecular weight is 513 g/mol. The van der Waals surface area contributed by atoms with Crippen LogP contribution in [0.4, 0.5) is 10.1 Å². The van der Waals surface area contributed by atoms with Crippen molar-refractivity contribution in [3.05, 3.63) is 78.8 Å². The molecular weight excluding hydrogens is 491 g/mol. The molecule has 1 atom stereocenters. The number of allylic oxidation sites excluding steroid dienone is 1. The molecule has 0 fully saturated rings. The lowest BCUT2D eigenvalue weighted by atomic mass is 9.99. The quantitative estimate of drug-likeness (QED) is 0.209. The molecule has 4 rings (SSSR count). The van der Waals surface area contributed by atoms with Crippen LogP contribution in [0.3, 0.4) is 0 Å². The third kappa shape index (κ3) is 4.65. The molecule has 0 bridgehead atoms. The standard InChI is InChI=1S/C24H22ClFN6O4/c1-10-7-13(12(3)29-16-5-6-17(25)30-18(16)23-31-24(34)36-32-23)21-14(8-10)19(33)11(2)20(35-21)15(9-28-4)22(26)27/h5-9,12,27-29H,1-4H3,(H,31,32,34)/b15-9-,27-22?. The van der Waals surface area contributed by atoms with E-state index in [2.05, 4.69) is 30.3 Å². The average Bonchev–Trinajstić information content (AvgIpc) is 3.27. The Balaban J connectivity index is 1.88. The lowest BCUT2D eigenvalue weighted by Crippen LogP contribution is -2.15. The summed E-state index contributed by atoms with van der Waals surface area (Å²) in [6.07, 6.45) is 1.26. The molecule has 0 saturated heterocycles. The first kappa shape index (κ1) is 24.9. The van der Waals surface area contributed by atoms with Crippen LogP contribution in [-0.2, 0) is 0 Å². The zero-order chi connectivity index (χ0) is 26.1. The van der Waals surface area contributed by atoms with E-state index in [4.69, 9.17) is 21.4 Å². The number of halogens is 2. The van der Waals surface area contributed by atoms with Crippen molar-refractivity contribution in [2.75, 3.05) is 12.4 Å². The zero-order valence-corrected chi connectivity index (χ0v) is 20.5. The second kappa shape index (κ2) is 9.78. The minimum absolute atomic E-state index is 0.0410. The van der Waals surface area contributed by atoms with Crippen LogP contribution in [0, 0.1) is 19.3 Å². The molecule has 4 N–H and O–H groups in total. The maximum atomic E-state index is 14.0. The lowest BCUT2D eigenvalue weighted by Gasteiger charge is -2.20. The summed E-state index contributed by atoms with van der Waals surface area (Å²) in [4.78, 5) is 31.4. The van der Waals surface area contributed by atoms with E-state index < -0.39 is 17.8 Å². The monoisotopic (exact) mass is 512 g/mol. The SMILES string of the molecule is CN/C=C(\C(=N)F)c1oc2c(C(C)Nc3ccc(Cl)nc3-c3noc(=O)[nH]3)cc(C)cc2c(=O)c1C. The predicted molar refractivity (Wildman–Crippen MR) is 135 cm³/mol. The molecule has 0 amide bonds. The Kier molecular flexibility index (Phi) is 6.75. The Morgan fingerprint density at radius 2 is 2.03 bits per heavy atom. The van der Waals surface area contributed by atoms with Gasteiger partial charge in [-0.1, -0.05) is 22.8 Å². The molecule has 0 radical (unpaired) electrons. The van der Waals surface area contributed by atoms with Crippen LogP contribution in [0.25, 0.3) is 28.1 Å². The van der Waals surface area contributed by atoms with E-state index in [-0.39, 0.29) is 44.6 Å². The van der Waals surface area contributed by atoms with Crippen LogP contribution in [0.15, 0.2) is 49.0 Å². The van der Waals surface area contributed by atoms with Gasteiger partial charge in [-0.05, 0) is 44.5 Å². The molecule has 12 heteroatoms. The van der Waals surface area contributed by atoms with E-state index in [1.165, 1.54) is 13.1 Å². The highest BCUT2D eigenvalue weighted by Gasteiger charge is 2.23. The van der Waals surface area contributed by atoms with E-state index >= 15 is 0 Å². The maximum absolute atomic E-state index is 14.0. The summed E-state index contributed by atoms with van der Waals surface area (Å²) in [7, 11) is 1.55. The number of hydrogen-bond donors (Lipinski definition) is 4. The van der Waals surface area contributed by atoms with Crippen LogP contribution in [0.2, 0.25) is 5.15 Å². The van der Waals surface area contributed by atoms with Crippen LogP contribution in [-0.4, -0.2) is 28.1 Å². The van der Waals surface area contributed by atoms with Gasteiger partial charge in [-0.3, -0.25) is 19.7 Å². The molecule has 10 nitrogen and oxygen atoms in total. The smallest absolute Gasteiger partial charge is 0.439 e. The lowest BCUT2D eigenvalue weighted by molar-refractivity contribution is 0.388. The molecule has 0 spiro atoms. The number of aromatic amines is 1. The fourth-order valence-electron chi connectivity index (χ4n) is 3.89. The topological polar surface area (TPSA) is 150 Å². The van der Waals surface area contributed by atoms with Gasteiger partial charge in [-0.2, -0.15) is 4.39 Å². The second-order valence-corrected chi connectivity index (χ2v) is 8.50. The number of aromatic nitrogens is 3. The van der Waals surface area contributed by atoms with Crippen LogP contribution < -0.4 is 21.8 Å². The van der Waals surface area contributed by atoms with Gasteiger partial charge in [0, 0.05) is 24.4 Å². The van der Waals surface area contributed by atoms with E-state index in [1.54, 1.807) is 25.2 Å². The number of nitrogens with zero attached hydrogens (tertiary/aromatic N) is 2. The van der Waals surface area contributed by atoms with Crippen molar-refractivity contribution < 1.29 is 13.3 Å². The first-order chi connectivity index (χ1) is 17.1. The summed E-state index contributed by atoms with van der Waals surface area (Å²) in [6.45, 7) is 5.21. The van der Waals surface area contributed by atoms with E-state index in [9.17, 15) is 14.0 Å². The number of anilines is 1. The number of rotatable bonds is 7. The van der Waals surface area contributed by atoms with Crippen molar-refractivity contribution in [1.82, 2.24) is 20.4 Å². The highest BCUT2D eigenvalue weighted by Crippen LogP contribution is 2.33. The molecule has 36 heavy (non-hydrogen) atoms. The van der Waals surface area contributed by atoms with E-state index in [1.807, 2.05) is 19.9 Å². The molecular formula is C24H22ClFN6O4. The first-order valence-corrected chi connectivity index (χ1v) is 11.2. The molecule has 1 unspecified atom stereocenters. The third-order valence-corrected chi connectivity index (χ3v) is 5.74. The van der Waals surface area contributed by atoms with E-state index in [0.717, 1.165) is 5.56 Å². The number of benzene rings is 1. The molecule has 0 aliphatic rings. The minimum atomic E-state index is -1.24. The molecule has 0 saturated carbocycles. The Bertz CT molecular complexity index is 1640. The summed E-state index contributed by atoms with van der Waals surface area (Å²) < 4.78 is 24.7. The van der Waals surface area contributed by atoms with Gasteiger partial charge in [0.05, 0.1) is 22.7 Å². The summed E-state index contributed by atoms with van der Waals surface area (Å²) in [5, 5.41) is 17.7. The first-order valence-electron chi connectivity index (χ1n) is 10.8. The molecule has 186 valence electrons. The number of aryl methyl sites for hydroxylation is 1. The van der Waals surface area contributed by atoms with Gasteiger partial charge in [0.2, 0.25) is 11.8 Å². The fourth-order valence-corrected chi connectivity index (χ4v) is 4.04. The van der Waals surface area contributed by atoms with Crippen molar-refractivity contribution in [2.45, 2.75) is 26.8 Å². The van der Waals surface area contributed by atoms with E-state index in [0.29, 0.717) is 16.6 Å². The number of nitrogens with one attached hydrogen (secondary N) is 4. The van der Waals surface area contributed by atoms with Gasteiger partial charge in [0.1, 0.15) is 22.2 Å². The Morgan fingerprint density at radius 3 is 2.67 bits per heavy atom. The molecule has 4 aromatic rings. The van der Waals surface area contributed by atoms with Gasteiger partial charge in [-0.25, -0.2) is 9.78 Å². The number of H-pyrrole nitrogens is 1. The normalized spacial score (nSPS) is 12.6. The van der Waals surface area contributed by atoms with Gasteiger partial charge in [0.25, 0.3) is 0 Å². The highest BCUT2D eigenvalue weighted by atomic mass is 35.5. The summed E-state index contributed by atoms with van der Waals surface area (Å²) >= 11 is 6.06. The number of hydrogen-bond acceptors (Lipinski definition) is 9. The maximum Gasteiger partial charge on any atom is 0.439 e. The van der Waals surface area contributed by atoms with Gasteiger partial charge >= 0.3 is 5.76 Å². The Hall–Kier alpha value is -4.25. The summed E-state index contributed by atoms with van der Waals surface area (Å²) in [6, 6.07) is 6.30. The summed E-state index contributed by atoms with van der Waals surface area (Å²) in [5.41, 5.74) is 2.05. The van der Waals surface area contributed by atoms with Crippen molar-refractivity contribution in [1.29, 1.82) is 5.41 Å². The van der Waals surface area contributed by atoms with Gasteiger partial charge < -0.3 is 15.1 Å². The van der Waals surface area contributed by atoms with Crippen molar-refractivity contribution >= 4 is 39.8 Å². The van der Waals surface area contributed by atoms with Crippen LogP contribution in [0.1, 0.15) is 35.4 Å². The van der Waals surface area contributed by atoms with Crippen molar-refractivity contribution in [3.63, 3.8) is 0 Å². The molecule has 3 aromatic heterocycles. The largest absolute Gasteiger partial charge is 0.455 e. The molecule has 1 aromatic carbocycles. The van der Waals surface area contributed by atoms with Crippen molar-refractivity contribution in [2.24, 2.45) is 0 Å². The highest BCUT2D eigenvalue weighted by molar-refractivity contribution is 6.29. The van der Waals surface area contributed by atoms with Crippen LogP contribution >= 0.6 is 11.6 Å². The predicted octanol–water partition coefficient (Wildman–Crippen LogP) is 4.48. The van der Waals surface area contributed by atoms with Gasteiger partial charge in [-0.15, -0.1) is 0 Å². The fraction of sp³-hybridized carbons (Fsp3) is 0.208. The number of fused-ring (bicyclic) bond motifs is 1. The second-order valence-electron chi connectivity index (χ2n) is 8.12. The summed E-state index contributed by atoms with van der Waals surface area (Å²) in [5.74, 6) is -1.95. The zero-order valence-electron chi connectivity index (χ0n) is 19.7. The third-order valence-electron chi connectivity index (χ3n) is 5.53. The molecule has 3 heterocycles. The van der Waals surface area contributed by atoms with Crippen molar-refractivity contribution in [3.8, 4) is 11.5 Å². The Labute approximate surface area is 208 Å². The minimum Gasteiger partial charge on any atom is -0.455 e.